The Bertz CT molecular complexity index is 335. The van der Waals surface area contributed by atoms with Gasteiger partial charge in [-0.2, -0.15) is 0 Å². The second kappa shape index (κ2) is 4.84. The van der Waals surface area contributed by atoms with E-state index in [0.717, 1.165) is 0 Å². The normalized spacial score (nSPS) is 16.3. The van der Waals surface area contributed by atoms with Crippen molar-refractivity contribution in [3.8, 4) is 0 Å². The van der Waals surface area contributed by atoms with Gasteiger partial charge in [0.25, 0.3) is 0 Å². The van der Waals surface area contributed by atoms with Crippen LogP contribution in [0.5, 0.6) is 0 Å². The van der Waals surface area contributed by atoms with Gasteiger partial charge in [-0.15, -0.1) is 0 Å². The third-order valence-electron chi connectivity index (χ3n) is 1.62. The summed E-state index contributed by atoms with van der Waals surface area (Å²) in [5.74, 6) is 0. The number of aromatic amines is 1. The highest BCUT2D eigenvalue weighted by Crippen LogP contribution is 2.36. The van der Waals surface area contributed by atoms with Crippen LogP contribution >= 0.6 is 7.82 Å². The summed E-state index contributed by atoms with van der Waals surface area (Å²) in [6.45, 7) is -0.676. The van der Waals surface area contributed by atoms with Crippen LogP contribution in [0.4, 0.5) is 0 Å². The molecular weight excluding hydrogens is 227 g/mol. The number of phosphoric acid groups is 1. The number of aliphatic hydroxyl groups excluding tert-OH is 2. The molecule has 0 amide bonds. The Kier molecular flexibility index (Phi) is 3.97. The monoisotopic (exact) mass is 238 g/mol. The number of H-pyrrole nitrogens is 1. The highest BCUT2D eigenvalue weighted by atomic mass is 31.2. The van der Waals surface area contributed by atoms with E-state index in [-0.39, 0.29) is 5.69 Å². The summed E-state index contributed by atoms with van der Waals surface area (Å²) in [5.41, 5.74) is 0.233. The van der Waals surface area contributed by atoms with Gasteiger partial charge in [0.1, 0.15) is 12.2 Å². The number of hydrogen-bond acceptors (Lipinski definition) is 5. The summed E-state index contributed by atoms with van der Waals surface area (Å²) in [4.78, 5) is 22.9. The Morgan fingerprint density at radius 3 is 2.67 bits per heavy atom. The van der Waals surface area contributed by atoms with Gasteiger partial charge in [-0.05, 0) is 0 Å². The second-order valence-corrected chi connectivity index (χ2v) is 4.04. The number of nitrogens with one attached hydrogen (secondary N) is 1. The van der Waals surface area contributed by atoms with E-state index in [2.05, 4.69) is 14.5 Å². The minimum atomic E-state index is -4.63. The molecule has 0 spiro atoms. The minimum absolute atomic E-state index is 0.233. The summed E-state index contributed by atoms with van der Waals surface area (Å²) in [7, 11) is -4.63. The molecule has 1 heterocycles. The lowest BCUT2D eigenvalue weighted by atomic mass is 10.2. The molecule has 8 nitrogen and oxygen atoms in total. The van der Waals surface area contributed by atoms with Crippen LogP contribution in [0.25, 0.3) is 0 Å². The summed E-state index contributed by atoms with van der Waals surface area (Å²) < 4.78 is 14.3. The zero-order valence-corrected chi connectivity index (χ0v) is 8.41. The summed E-state index contributed by atoms with van der Waals surface area (Å²) in [5, 5.41) is 18.7. The molecule has 0 radical (unpaired) electrons. The molecule has 86 valence electrons. The molecule has 0 fully saturated rings. The van der Waals surface area contributed by atoms with Crippen molar-refractivity contribution < 1.29 is 29.1 Å². The van der Waals surface area contributed by atoms with E-state index in [1.54, 1.807) is 0 Å². The molecule has 0 aliphatic rings. The predicted octanol–water partition coefficient (Wildman–Crippen LogP) is -1.09. The van der Waals surface area contributed by atoms with Crippen LogP contribution in [0.1, 0.15) is 11.8 Å². The first-order valence-corrected chi connectivity index (χ1v) is 5.47. The van der Waals surface area contributed by atoms with Crippen LogP contribution in [0, 0.1) is 0 Å². The van der Waals surface area contributed by atoms with Gasteiger partial charge in [-0.1, -0.05) is 0 Å². The quantitative estimate of drug-likeness (QED) is 0.411. The van der Waals surface area contributed by atoms with Gasteiger partial charge >= 0.3 is 7.82 Å². The minimum Gasteiger partial charge on any atom is -0.388 e. The van der Waals surface area contributed by atoms with Crippen molar-refractivity contribution in [1.82, 2.24) is 9.97 Å². The van der Waals surface area contributed by atoms with Gasteiger partial charge in [0.15, 0.2) is 0 Å². The van der Waals surface area contributed by atoms with Crippen LogP contribution in [-0.4, -0.2) is 42.7 Å². The van der Waals surface area contributed by atoms with E-state index in [4.69, 9.17) is 9.79 Å². The first kappa shape index (κ1) is 12.3. The van der Waals surface area contributed by atoms with E-state index in [1.165, 1.54) is 12.5 Å². The maximum atomic E-state index is 10.3. The highest BCUT2D eigenvalue weighted by molar-refractivity contribution is 7.46. The number of rotatable bonds is 5. The van der Waals surface area contributed by atoms with Gasteiger partial charge in [0.05, 0.1) is 24.8 Å². The Labute approximate surface area is 84.8 Å². The zero-order valence-electron chi connectivity index (χ0n) is 7.52. The average molecular weight is 238 g/mol. The van der Waals surface area contributed by atoms with Crippen LogP contribution in [0.3, 0.4) is 0 Å². The molecule has 0 saturated carbocycles. The van der Waals surface area contributed by atoms with Crippen molar-refractivity contribution in [2.75, 3.05) is 6.61 Å². The lowest BCUT2D eigenvalue weighted by Gasteiger charge is -2.16. The fraction of sp³-hybridized carbons (Fsp3) is 0.500. The van der Waals surface area contributed by atoms with E-state index in [0.29, 0.717) is 0 Å². The number of aliphatic hydroxyl groups is 2. The Balaban J connectivity index is 2.47. The summed E-state index contributed by atoms with van der Waals surface area (Å²) >= 11 is 0. The largest absolute Gasteiger partial charge is 0.469 e. The summed E-state index contributed by atoms with van der Waals surface area (Å²) in [6, 6.07) is 0. The molecule has 0 aliphatic heterocycles. The van der Waals surface area contributed by atoms with Crippen molar-refractivity contribution >= 4 is 7.82 Å². The van der Waals surface area contributed by atoms with E-state index < -0.39 is 26.6 Å². The molecule has 0 aromatic carbocycles. The van der Waals surface area contributed by atoms with Gasteiger partial charge in [-0.25, -0.2) is 9.55 Å². The molecule has 9 heteroatoms. The van der Waals surface area contributed by atoms with Gasteiger partial charge in [-0.3, -0.25) is 4.52 Å². The van der Waals surface area contributed by atoms with Gasteiger partial charge < -0.3 is 25.0 Å². The van der Waals surface area contributed by atoms with Crippen LogP contribution in [-0.2, 0) is 9.09 Å². The lowest BCUT2D eigenvalue weighted by Crippen LogP contribution is -2.23. The standard InChI is InChI=1S/C6H11N2O6P/c9-5(2-14-15(11,12)13)6(10)4-1-7-3-8-4/h1,3,5-6,9-10H,2H2,(H,7,8)(H2,11,12,13)/t5-,6-/m0/s1. The first-order valence-electron chi connectivity index (χ1n) is 3.94. The van der Waals surface area contributed by atoms with Crippen molar-refractivity contribution in [3.05, 3.63) is 18.2 Å². The molecular formula is C6H11N2O6P. The highest BCUT2D eigenvalue weighted by Gasteiger charge is 2.23. The molecule has 0 bridgehead atoms. The van der Waals surface area contributed by atoms with E-state index in [1.807, 2.05) is 0 Å². The molecule has 0 unspecified atom stereocenters. The molecule has 0 saturated heterocycles. The maximum absolute atomic E-state index is 10.3. The van der Waals surface area contributed by atoms with E-state index in [9.17, 15) is 14.8 Å². The molecule has 1 rings (SSSR count). The predicted molar refractivity (Wildman–Crippen MR) is 47.6 cm³/mol. The molecule has 5 N–H and O–H groups in total. The second-order valence-electron chi connectivity index (χ2n) is 2.81. The van der Waals surface area contributed by atoms with Crippen molar-refractivity contribution in [2.45, 2.75) is 12.2 Å². The number of aromatic nitrogens is 2. The van der Waals surface area contributed by atoms with Gasteiger partial charge in [0, 0.05) is 0 Å². The lowest BCUT2D eigenvalue weighted by molar-refractivity contribution is -0.0168. The Hall–Kier alpha value is -0.760. The maximum Gasteiger partial charge on any atom is 0.469 e. The number of phosphoric ester groups is 1. The zero-order chi connectivity index (χ0) is 11.5. The smallest absolute Gasteiger partial charge is 0.388 e. The van der Waals surface area contributed by atoms with E-state index >= 15 is 0 Å². The molecule has 1 aromatic heterocycles. The third-order valence-corrected chi connectivity index (χ3v) is 2.10. The molecule has 0 aliphatic carbocycles. The SMILES string of the molecule is O=P(O)(O)OC[C@H](O)[C@@H](O)c1cnc[nH]1. The van der Waals surface area contributed by atoms with Crippen molar-refractivity contribution in [3.63, 3.8) is 0 Å². The average Bonchev–Trinajstić information content (AvgIpc) is 2.64. The van der Waals surface area contributed by atoms with Crippen LogP contribution < -0.4 is 0 Å². The third kappa shape index (κ3) is 4.08. The first-order chi connectivity index (χ1) is 6.90. The van der Waals surface area contributed by atoms with Crippen molar-refractivity contribution in [1.29, 1.82) is 0 Å². The fourth-order valence-electron chi connectivity index (χ4n) is 0.900. The topological polar surface area (TPSA) is 136 Å². The number of hydrogen-bond donors (Lipinski definition) is 5. The fourth-order valence-corrected chi connectivity index (χ4v) is 1.25. The number of nitrogens with zero attached hydrogens (tertiary/aromatic N) is 1. The number of imidazole rings is 1. The van der Waals surface area contributed by atoms with Crippen molar-refractivity contribution in [2.24, 2.45) is 0 Å². The Morgan fingerprint density at radius 1 is 1.53 bits per heavy atom. The van der Waals surface area contributed by atoms with Gasteiger partial charge in [0.2, 0.25) is 0 Å². The summed E-state index contributed by atoms with van der Waals surface area (Å²) in [6.07, 6.45) is -0.197. The van der Waals surface area contributed by atoms with Crippen LogP contribution in [0.2, 0.25) is 0 Å². The molecule has 2 atom stereocenters. The molecule has 1 aromatic rings. The molecule has 15 heavy (non-hydrogen) atoms. The van der Waals surface area contributed by atoms with Crippen LogP contribution in [0.15, 0.2) is 12.5 Å². The Morgan fingerprint density at radius 2 is 2.20 bits per heavy atom.